The van der Waals surface area contributed by atoms with Crippen LogP contribution in [0.15, 0.2) is 60.8 Å². The average Bonchev–Trinajstić information content (AvgIpc) is 2.63. The summed E-state index contributed by atoms with van der Waals surface area (Å²) in [6.45, 7) is 2.19. The molecular formula is C19H20N6O. The van der Waals surface area contributed by atoms with E-state index >= 15 is 0 Å². The molecule has 0 saturated heterocycles. The molecule has 0 fully saturated rings. The van der Waals surface area contributed by atoms with Gasteiger partial charge in [0.05, 0.1) is 6.20 Å². The first-order chi connectivity index (χ1) is 12.7. The zero-order chi connectivity index (χ0) is 18.2. The van der Waals surface area contributed by atoms with Gasteiger partial charge in [-0.2, -0.15) is 10.1 Å². The van der Waals surface area contributed by atoms with Crippen molar-refractivity contribution in [1.82, 2.24) is 15.2 Å². The first-order valence-corrected chi connectivity index (χ1v) is 8.31. The number of carbonyl (C=O) groups excluding carboxylic acids is 1. The molecule has 0 aliphatic heterocycles. The van der Waals surface area contributed by atoms with Crippen LogP contribution in [-0.2, 0) is 11.2 Å². The molecule has 0 atom stereocenters. The van der Waals surface area contributed by atoms with Crippen molar-refractivity contribution in [2.24, 2.45) is 0 Å². The summed E-state index contributed by atoms with van der Waals surface area (Å²) in [6.07, 6.45) is 2.42. The van der Waals surface area contributed by atoms with Crippen molar-refractivity contribution in [3.8, 4) is 0 Å². The van der Waals surface area contributed by atoms with E-state index in [1.54, 1.807) is 6.20 Å². The monoisotopic (exact) mass is 348 g/mol. The normalized spacial score (nSPS) is 10.2. The molecule has 7 heteroatoms. The van der Waals surface area contributed by atoms with E-state index in [0.29, 0.717) is 24.0 Å². The summed E-state index contributed by atoms with van der Waals surface area (Å²) in [5, 5.41) is 17.1. The van der Waals surface area contributed by atoms with Gasteiger partial charge in [-0.1, -0.05) is 36.4 Å². The van der Waals surface area contributed by atoms with E-state index < -0.39 is 0 Å². The predicted octanol–water partition coefficient (Wildman–Crippen LogP) is 3.23. The maximum atomic E-state index is 11.2. The van der Waals surface area contributed by atoms with Gasteiger partial charge < -0.3 is 16.0 Å². The molecule has 0 unspecified atom stereocenters. The molecule has 1 heterocycles. The lowest BCUT2D eigenvalue weighted by Gasteiger charge is -2.09. The summed E-state index contributed by atoms with van der Waals surface area (Å²) in [5.74, 6) is 0.918. The number of hydrogen-bond acceptors (Lipinski definition) is 6. The third-order valence-electron chi connectivity index (χ3n) is 3.55. The van der Waals surface area contributed by atoms with Gasteiger partial charge in [-0.15, -0.1) is 5.10 Å². The number of rotatable bonds is 7. The van der Waals surface area contributed by atoms with Crippen LogP contribution in [-0.4, -0.2) is 27.6 Å². The molecule has 3 rings (SSSR count). The number of nitrogens with one attached hydrogen (secondary N) is 3. The highest BCUT2D eigenvalue weighted by atomic mass is 16.1. The second kappa shape index (κ2) is 8.57. The quantitative estimate of drug-likeness (QED) is 0.607. The summed E-state index contributed by atoms with van der Waals surface area (Å²) in [6, 6.07) is 17.6. The predicted molar refractivity (Wildman–Crippen MR) is 102 cm³/mol. The Morgan fingerprint density at radius 3 is 2.65 bits per heavy atom. The van der Waals surface area contributed by atoms with E-state index in [1.807, 2.05) is 42.5 Å². The maximum Gasteiger partial charge on any atom is 0.244 e. The molecule has 2 aromatic carbocycles. The molecule has 26 heavy (non-hydrogen) atoms. The van der Waals surface area contributed by atoms with E-state index in [1.165, 1.54) is 12.5 Å². The van der Waals surface area contributed by atoms with Crippen molar-refractivity contribution >= 4 is 29.0 Å². The van der Waals surface area contributed by atoms with Gasteiger partial charge in [0.2, 0.25) is 11.9 Å². The Hall–Kier alpha value is -3.48. The van der Waals surface area contributed by atoms with E-state index in [0.717, 1.165) is 12.1 Å². The standard InChI is InChI=1S/C19H20N6O/c1-14(26)22-16-8-5-9-17(12-16)23-18-13-21-25-19(24-18)20-11-10-15-6-3-2-4-7-15/h2-9,12-13H,10-11H2,1H3,(H,22,26)(H2,20,23,24,25). The Morgan fingerprint density at radius 1 is 1.04 bits per heavy atom. The van der Waals surface area contributed by atoms with E-state index in [4.69, 9.17) is 0 Å². The van der Waals surface area contributed by atoms with Gasteiger partial charge >= 0.3 is 0 Å². The SMILES string of the molecule is CC(=O)Nc1cccc(Nc2cnnc(NCCc3ccccc3)n2)c1. The summed E-state index contributed by atoms with van der Waals surface area (Å²) >= 11 is 0. The first-order valence-electron chi connectivity index (χ1n) is 8.31. The highest BCUT2D eigenvalue weighted by Gasteiger charge is 2.03. The molecule has 0 bridgehead atoms. The number of carbonyl (C=O) groups is 1. The van der Waals surface area contributed by atoms with Gasteiger partial charge in [0, 0.05) is 24.8 Å². The topological polar surface area (TPSA) is 91.8 Å². The molecule has 7 nitrogen and oxygen atoms in total. The number of amides is 1. The minimum absolute atomic E-state index is 0.115. The maximum absolute atomic E-state index is 11.2. The Balaban J connectivity index is 1.59. The van der Waals surface area contributed by atoms with Gasteiger partial charge in [-0.25, -0.2) is 0 Å². The molecular weight excluding hydrogens is 328 g/mol. The number of aromatic nitrogens is 3. The second-order valence-electron chi connectivity index (χ2n) is 5.71. The van der Waals surface area contributed by atoms with Crippen molar-refractivity contribution in [2.75, 3.05) is 22.5 Å². The van der Waals surface area contributed by atoms with E-state index in [-0.39, 0.29) is 5.91 Å². The molecule has 0 radical (unpaired) electrons. The summed E-state index contributed by atoms with van der Waals surface area (Å²) in [5.41, 5.74) is 2.76. The summed E-state index contributed by atoms with van der Waals surface area (Å²) < 4.78 is 0. The van der Waals surface area contributed by atoms with Crippen molar-refractivity contribution in [2.45, 2.75) is 13.3 Å². The van der Waals surface area contributed by atoms with Gasteiger partial charge in [-0.05, 0) is 30.2 Å². The zero-order valence-corrected chi connectivity index (χ0v) is 14.4. The van der Waals surface area contributed by atoms with Crippen LogP contribution >= 0.6 is 0 Å². The Labute approximate surface area is 151 Å². The lowest BCUT2D eigenvalue weighted by atomic mass is 10.1. The lowest BCUT2D eigenvalue weighted by molar-refractivity contribution is -0.114. The van der Waals surface area contributed by atoms with Gasteiger partial charge in [0.1, 0.15) is 0 Å². The molecule has 0 saturated carbocycles. The Kier molecular flexibility index (Phi) is 5.72. The van der Waals surface area contributed by atoms with Crippen molar-refractivity contribution in [1.29, 1.82) is 0 Å². The van der Waals surface area contributed by atoms with Crippen LogP contribution in [0.25, 0.3) is 0 Å². The van der Waals surface area contributed by atoms with Crippen LogP contribution in [0.2, 0.25) is 0 Å². The van der Waals surface area contributed by atoms with Gasteiger partial charge in [-0.3, -0.25) is 4.79 Å². The van der Waals surface area contributed by atoms with Crippen molar-refractivity contribution < 1.29 is 4.79 Å². The molecule has 0 aliphatic carbocycles. The van der Waals surface area contributed by atoms with E-state index in [9.17, 15) is 4.79 Å². The lowest BCUT2D eigenvalue weighted by Crippen LogP contribution is -2.10. The fourth-order valence-electron chi connectivity index (χ4n) is 2.43. The molecule has 3 aromatic rings. The van der Waals surface area contributed by atoms with E-state index in [2.05, 4.69) is 43.3 Å². The fraction of sp³-hybridized carbons (Fsp3) is 0.158. The minimum Gasteiger partial charge on any atom is -0.353 e. The minimum atomic E-state index is -0.115. The number of nitrogens with zero attached hydrogens (tertiary/aromatic N) is 3. The summed E-state index contributed by atoms with van der Waals surface area (Å²) in [4.78, 5) is 15.6. The third kappa shape index (κ3) is 5.27. The molecule has 0 spiro atoms. The molecule has 1 amide bonds. The van der Waals surface area contributed by atoms with Crippen LogP contribution in [0.3, 0.4) is 0 Å². The molecule has 132 valence electrons. The fourth-order valence-corrected chi connectivity index (χ4v) is 2.43. The zero-order valence-electron chi connectivity index (χ0n) is 14.4. The van der Waals surface area contributed by atoms with Crippen LogP contribution in [0.5, 0.6) is 0 Å². The van der Waals surface area contributed by atoms with Crippen molar-refractivity contribution in [3.63, 3.8) is 0 Å². The van der Waals surface area contributed by atoms with Gasteiger partial charge in [0.25, 0.3) is 0 Å². The highest BCUT2D eigenvalue weighted by Crippen LogP contribution is 2.19. The second-order valence-corrected chi connectivity index (χ2v) is 5.71. The van der Waals surface area contributed by atoms with Gasteiger partial charge in [0.15, 0.2) is 5.82 Å². The number of benzene rings is 2. The summed E-state index contributed by atoms with van der Waals surface area (Å²) in [7, 11) is 0. The largest absolute Gasteiger partial charge is 0.353 e. The third-order valence-corrected chi connectivity index (χ3v) is 3.55. The van der Waals surface area contributed by atoms with Crippen LogP contribution in [0.1, 0.15) is 12.5 Å². The number of anilines is 4. The van der Waals surface area contributed by atoms with Crippen LogP contribution in [0, 0.1) is 0 Å². The highest BCUT2D eigenvalue weighted by molar-refractivity contribution is 5.89. The molecule has 0 aliphatic rings. The molecule has 3 N–H and O–H groups in total. The average molecular weight is 348 g/mol. The van der Waals surface area contributed by atoms with Crippen LogP contribution in [0.4, 0.5) is 23.1 Å². The van der Waals surface area contributed by atoms with Crippen molar-refractivity contribution in [3.05, 3.63) is 66.4 Å². The molecule has 1 aromatic heterocycles. The van der Waals surface area contributed by atoms with Crippen LogP contribution < -0.4 is 16.0 Å². The number of hydrogen-bond donors (Lipinski definition) is 3. The Bertz CT molecular complexity index is 869. The first kappa shape index (κ1) is 17.3. The smallest absolute Gasteiger partial charge is 0.244 e. The Morgan fingerprint density at radius 2 is 1.85 bits per heavy atom.